The summed E-state index contributed by atoms with van der Waals surface area (Å²) in [5.41, 5.74) is 2.85. The standard InChI is InChI=1S/C18H20BrN/c1-14(15-6-3-2-4-7-15)20-13-5-8-18(20)16-9-11-17(19)12-10-16/h2-4,6-7,9-12,14,18H,5,8,13H2,1H3. The van der Waals surface area contributed by atoms with Crippen LogP contribution in [0.25, 0.3) is 0 Å². The predicted octanol–water partition coefficient (Wildman–Crippen LogP) is 5.35. The molecule has 0 aromatic heterocycles. The summed E-state index contributed by atoms with van der Waals surface area (Å²) in [6.45, 7) is 3.52. The van der Waals surface area contributed by atoms with Crippen LogP contribution in [0.3, 0.4) is 0 Å². The average Bonchev–Trinajstić information content (AvgIpc) is 2.97. The molecule has 3 rings (SSSR count). The van der Waals surface area contributed by atoms with E-state index in [-0.39, 0.29) is 0 Å². The summed E-state index contributed by atoms with van der Waals surface area (Å²) in [4.78, 5) is 2.64. The molecule has 0 bridgehead atoms. The molecule has 1 nitrogen and oxygen atoms in total. The maximum Gasteiger partial charge on any atom is 0.0354 e. The predicted molar refractivity (Wildman–Crippen MR) is 87.7 cm³/mol. The van der Waals surface area contributed by atoms with Crippen LogP contribution in [-0.4, -0.2) is 11.4 Å². The molecule has 104 valence electrons. The molecule has 1 aliphatic rings. The molecule has 1 saturated heterocycles. The fourth-order valence-corrected chi connectivity index (χ4v) is 3.48. The molecule has 0 N–H and O–H groups in total. The number of nitrogens with zero attached hydrogens (tertiary/aromatic N) is 1. The van der Waals surface area contributed by atoms with Crippen LogP contribution in [0, 0.1) is 0 Å². The summed E-state index contributed by atoms with van der Waals surface area (Å²) in [6.07, 6.45) is 2.55. The summed E-state index contributed by atoms with van der Waals surface area (Å²) in [6, 6.07) is 20.7. The van der Waals surface area contributed by atoms with Gasteiger partial charge in [-0.25, -0.2) is 0 Å². The zero-order valence-corrected chi connectivity index (χ0v) is 13.4. The maximum absolute atomic E-state index is 3.52. The molecule has 0 aliphatic carbocycles. The molecule has 0 amide bonds. The van der Waals surface area contributed by atoms with Gasteiger partial charge in [-0.05, 0) is 49.6 Å². The Hall–Kier alpha value is -1.12. The van der Waals surface area contributed by atoms with Crippen molar-refractivity contribution in [3.05, 3.63) is 70.2 Å². The van der Waals surface area contributed by atoms with E-state index in [9.17, 15) is 0 Å². The van der Waals surface area contributed by atoms with E-state index >= 15 is 0 Å². The maximum atomic E-state index is 3.52. The highest BCUT2D eigenvalue weighted by molar-refractivity contribution is 9.10. The quantitative estimate of drug-likeness (QED) is 0.733. The molecule has 1 aliphatic heterocycles. The molecule has 1 fully saturated rings. The van der Waals surface area contributed by atoms with Crippen molar-refractivity contribution in [1.82, 2.24) is 4.90 Å². The smallest absolute Gasteiger partial charge is 0.0354 e. The third-order valence-corrected chi connectivity index (χ3v) is 4.86. The lowest BCUT2D eigenvalue weighted by molar-refractivity contribution is 0.194. The van der Waals surface area contributed by atoms with Crippen molar-refractivity contribution in [2.75, 3.05) is 6.54 Å². The van der Waals surface area contributed by atoms with Gasteiger partial charge >= 0.3 is 0 Å². The minimum Gasteiger partial charge on any atom is -0.290 e. The first-order valence-electron chi connectivity index (χ1n) is 7.32. The lowest BCUT2D eigenvalue weighted by Gasteiger charge is -2.31. The van der Waals surface area contributed by atoms with Crippen LogP contribution in [0.2, 0.25) is 0 Å². The first-order chi connectivity index (χ1) is 9.75. The van der Waals surface area contributed by atoms with Crippen molar-refractivity contribution in [3.63, 3.8) is 0 Å². The van der Waals surface area contributed by atoms with Gasteiger partial charge < -0.3 is 0 Å². The van der Waals surface area contributed by atoms with Crippen molar-refractivity contribution in [1.29, 1.82) is 0 Å². The van der Waals surface area contributed by atoms with Gasteiger partial charge in [-0.2, -0.15) is 0 Å². The molecule has 20 heavy (non-hydrogen) atoms. The van der Waals surface area contributed by atoms with Gasteiger partial charge in [0, 0.05) is 16.6 Å². The van der Waals surface area contributed by atoms with Gasteiger partial charge in [0.15, 0.2) is 0 Å². The molecule has 1 heterocycles. The minimum atomic E-state index is 0.479. The number of rotatable bonds is 3. The Bertz CT molecular complexity index is 549. The number of benzene rings is 2. The molecular formula is C18H20BrN. The van der Waals surface area contributed by atoms with E-state index in [1.165, 1.54) is 30.5 Å². The second-order valence-corrected chi connectivity index (χ2v) is 6.45. The summed E-state index contributed by atoms with van der Waals surface area (Å²) < 4.78 is 1.15. The van der Waals surface area contributed by atoms with Gasteiger partial charge in [-0.1, -0.05) is 58.4 Å². The fourth-order valence-electron chi connectivity index (χ4n) is 3.22. The van der Waals surface area contributed by atoms with Crippen LogP contribution in [0.4, 0.5) is 0 Å². The monoisotopic (exact) mass is 329 g/mol. The Morgan fingerprint density at radius 2 is 1.75 bits per heavy atom. The molecule has 0 spiro atoms. The van der Waals surface area contributed by atoms with Gasteiger partial charge in [0.05, 0.1) is 0 Å². The van der Waals surface area contributed by atoms with Crippen LogP contribution in [0.1, 0.15) is 43.0 Å². The van der Waals surface area contributed by atoms with E-state index in [4.69, 9.17) is 0 Å². The number of hydrogen-bond acceptors (Lipinski definition) is 1. The van der Waals surface area contributed by atoms with Crippen molar-refractivity contribution in [3.8, 4) is 0 Å². The van der Waals surface area contributed by atoms with Gasteiger partial charge in [0.2, 0.25) is 0 Å². The number of halogens is 1. The lowest BCUT2D eigenvalue weighted by atomic mass is 10.0. The largest absolute Gasteiger partial charge is 0.290 e. The van der Waals surface area contributed by atoms with Gasteiger partial charge in [0.25, 0.3) is 0 Å². The Morgan fingerprint density at radius 3 is 2.45 bits per heavy atom. The summed E-state index contributed by atoms with van der Waals surface area (Å²) in [5.74, 6) is 0. The van der Waals surface area contributed by atoms with Gasteiger partial charge in [0.1, 0.15) is 0 Å². The topological polar surface area (TPSA) is 3.24 Å². The Labute approximate surface area is 129 Å². The fraction of sp³-hybridized carbons (Fsp3) is 0.333. The van der Waals surface area contributed by atoms with E-state index in [0.29, 0.717) is 12.1 Å². The SMILES string of the molecule is CC(c1ccccc1)N1CCCC1c1ccc(Br)cc1. The highest BCUT2D eigenvalue weighted by atomic mass is 79.9. The zero-order chi connectivity index (χ0) is 13.9. The molecule has 2 aromatic carbocycles. The second kappa shape index (κ2) is 6.11. The first-order valence-corrected chi connectivity index (χ1v) is 8.11. The van der Waals surface area contributed by atoms with Crippen molar-refractivity contribution in [2.24, 2.45) is 0 Å². The van der Waals surface area contributed by atoms with E-state index in [1.807, 2.05) is 0 Å². The van der Waals surface area contributed by atoms with Crippen molar-refractivity contribution >= 4 is 15.9 Å². The normalized spacial score (nSPS) is 21.0. The Kier molecular flexibility index (Phi) is 4.23. The molecule has 2 aromatic rings. The summed E-state index contributed by atoms with van der Waals surface area (Å²) in [5, 5.41) is 0. The molecule has 2 heteroatoms. The first kappa shape index (κ1) is 13.8. The molecule has 0 radical (unpaired) electrons. The highest BCUT2D eigenvalue weighted by Crippen LogP contribution is 2.38. The molecule has 2 unspecified atom stereocenters. The van der Waals surface area contributed by atoms with Crippen LogP contribution >= 0.6 is 15.9 Å². The van der Waals surface area contributed by atoms with Gasteiger partial charge in [-0.3, -0.25) is 4.90 Å². The molecule has 0 saturated carbocycles. The molecular weight excluding hydrogens is 310 g/mol. The van der Waals surface area contributed by atoms with Crippen molar-refractivity contribution in [2.45, 2.75) is 31.8 Å². The van der Waals surface area contributed by atoms with Crippen LogP contribution in [0.5, 0.6) is 0 Å². The van der Waals surface area contributed by atoms with Crippen LogP contribution in [-0.2, 0) is 0 Å². The van der Waals surface area contributed by atoms with Crippen molar-refractivity contribution < 1.29 is 0 Å². The zero-order valence-electron chi connectivity index (χ0n) is 11.8. The molecule has 2 atom stereocenters. The third-order valence-electron chi connectivity index (χ3n) is 4.33. The summed E-state index contributed by atoms with van der Waals surface area (Å²) >= 11 is 3.52. The van der Waals surface area contributed by atoms with E-state index in [0.717, 1.165) is 4.47 Å². The van der Waals surface area contributed by atoms with Crippen LogP contribution < -0.4 is 0 Å². The van der Waals surface area contributed by atoms with Gasteiger partial charge in [-0.15, -0.1) is 0 Å². The average molecular weight is 330 g/mol. The van der Waals surface area contributed by atoms with E-state index in [1.54, 1.807) is 0 Å². The summed E-state index contributed by atoms with van der Waals surface area (Å²) in [7, 11) is 0. The Morgan fingerprint density at radius 1 is 1.05 bits per heavy atom. The lowest BCUT2D eigenvalue weighted by Crippen LogP contribution is -2.26. The third kappa shape index (κ3) is 2.82. The van der Waals surface area contributed by atoms with E-state index in [2.05, 4.69) is 82.4 Å². The minimum absolute atomic E-state index is 0.479. The number of hydrogen-bond donors (Lipinski definition) is 0. The second-order valence-electron chi connectivity index (χ2n) is 5.53. The highest BCUT2D eigenvalue weighted by Gasteiger charge is 2.30. The number of likely N-dealkylation sites (tertiary alicyclic amines) is 1. The van der Waals surface area contributed by atoms with Crippen LogP contribution in [0.15, 0.2) is 59.1 Å². The Balaban J connectivity index is 1.83. The van der Waals surface area contributed by atoms with E-state index < -0.39 is 0 Å².